The van der Waals surface area contributed by atoms with Crippen LogP contribution in [0.1, 0.15) is 11.1 Å². The molecule has 0 aliphatic carbocycles. The molecule has 1 fully saturated rings. The van der Waals surface area contributed by atoms with E-state index in [0.717, 1.165) is 24.2 Å². The number of nitrogens with zero attached hydrogens (tertiary/aromatic N) is 1. The minimum atomic E-state index is -4.28. The van der Waals surface area contributed by atoms with Crippen molar-refractivity contribution in [3.8, 4) is 0 Å². The Balaban J connectivity index is 2.02. The average Bonchev–Trinajstić information content (AvgIpc) is 2.39. The second kappa shape index (κ2) is 5.90. The number of rotatable bonds is 3. The molecule has 1 aliphatic heterocycles. The number of ether oxygens (including phenoxy) is 1. The molecular weight excluding hydrogens is 257 g/mol. The van der Waals surface area contributed by atoms with Gasteiger partial charge in [0.1, 0.15) is 0 Å². The molecule has 19 heavy (non-hydrogen) atoms. The van der Waals surface area contributed by atoms with E-state index in [1.165, 1.54) is 12.1 Å². The zero-order valence-corrected chi connectivity index (χ0v) is 10.5. The standard InChI is InChI=1S/C13H17F3N2O/c14-13(15,16)11-3-1-10(2-4-11)8-18-5-6-19-9-12(18)7-17/h1-4,12H,5-9,17H2. The maximum atomic E-state index is 12.5. The Morgan fingerprint density at radius 2 is 1.95 bits per heavy atom. The largest absolute Gasteiger partial charge is 0.416 e. The minimum Gasteiger partial charge on any atom is -0.378 e. The van der Waals surface area contributed by atoms with Gasteiger partial charge in [0.15, 0.2) is 0 Å². The lowest BCUT2D eigenvalue weighted by Gasteiger charge is -2.34. The van der Waals surface area contributed by atoms with E-state index in [9.17, 15) is 13.2 Å². The maximum Gasteiger partial charge on any atom is 0.416 e. The molecule has 1 unspecified atom stereocenters. The third-order valence-electron chi connectivity index (χ3n) is 3.29. The van der Waals surface area contributed by atoms with Gasteiger partial charge < -0.3 is 10.5 Å². The second-order valence-electron chi connectivity index (χ2n) is 4.63. The molecule has 6 heteroatoms. The SMILES string of the molecule is NCC1COCCN1Cc1ccc(C(F)(F)F)cc1. The Hall–Kier alpha value is -1.11. The Morgan fingerprint density at radius 3 is 2.53 bits per heavy atom. The predicted octanol–water partition coefficient (Wildman–Crippen LogP) is 1.86. The summed E-state index contributed by atoms with van der Waals surface area (Å²) in [4.78, 5) is 2.14. The first kappa shape index (κ1) is 14.3. The molecule has 0 amide bonds. The Morgan fingerprint density at radius 1 is 1.26 bits per heavy atom. The van der Waals surface area contributed by atoms with E-state index in [-0.39, 0.29) is 6.04 Å². The van der Waals surface area contributed by atoms with E-state index in [1.807, 2.05) is 0 Å². The molecule has 2 rings (SSSR count). The van der Waals surface area contributed by atoms with Gasteiger partial charge in [-0.25, -0.2) is 0 Å². The van der Waals surface area contributed by atoms with Gasteiger partial charge in [0.2, 0.25) is 0 Å². The number of hydrogen-bond donors (Lipinski definition) is 1. The number of halogens is 3. The van der Waals surface area contributed by atoms with E-state index in [2.05, 4.69) is 4.90 Å². The highest BCUT2D eigenvalue weighted by molar-refractivity contribution is 5.24. The van der Waals surface area contributed by atoms with Crippen molar-refractivity contribution in [3.63, 3.8) is 0 Å². The number of benzene rings is 1. The highest BCUT2D eigenvalue weighted by Gasteiger charge is 2.30. The van der Waals surface area contributed by atoms with Crippen LogP contribution in [0.4, 0.5) is 13.2 Å². The van der Waals surface area contributed by atoms with Crippen molar-refractivity contribution in [2.45, 2.75) is 18.8 Å². The third kappa shape index (κ3) is 3.68. The highest BCUT2D eigenvalue weighted by Crippen LogP contribution is 2.29. The van der Waals surface area contributed by atoms with Gasteiger partial charge in [-0.15, -0.1) is 0 Å². The summed E-state index contributed by atoms with van der Waals surface area (Å²) >= 11 is 0. The molecule has 1 aromatic rings. The van der Waals surface area contributed by atoms with Crippen molar-refractivity contribution in [1.29, 1.82) is 0 Å². The van der Waals surface area contributed by atoms with Crippen LogP contribution in [0, 0.1) is 0 Å². The molecule has 3 nitrogen and oxygen atoms in total. The second-order valence-corrected chi connectivity index (χ2v) is 4.63. The average molecular weight is 274 g/mol. The first-order valence-electron chi connectivity index (χ1n) is 6.18. The molecule has 1 atom stereocenters. The molecule has 1 aromatic carbocycles. The summed E-state index contributed by atoms with van der Waals surface area (Å²) in [6.45, 7) is 3.06. The van der Waals surface area contributed by atoms with Crippen LogP contribution in [0.5, 0.6) is 0 Å². The fourth-order valence-corrected chi connectivity index (χ4v) is 2.15. The molecular formula is C13H17F3N2O. The Labute approximate surface area is 110 Å². The maximum absolute atomic E-state index is 12.5. The minimum absolute atomic E-state index is 0.135. The Bertz CT molecular complexity index is 405. The van der Waals surface area contributed by atoms with Crippen LogP contribution in [0.15, 0.2) is 24.3 Å². The first-order valence-corrected chi connectivity index (χ1v) is 6.18. The third-order valence-corrected chi connectivity index (χ3v) is 3.29. The van der Waals surface area contributed by atoms with Crippen LogP contribution < -0.4 is 5.73 Å². The molecule has 0 saturated carbocycles. The van der Waals surface area contributed by atoms with Crippen molar-refractivity contribution >= 4 is 0 Å². The van der Waals surface area contributed by atoms with Crippen LogP contribution in [0.25, 0.3) is 0 Å². The Kier molecular flexibility index (Phi) is 4.44. The van der Waals surface area contributed by atoms with Crippen LogP contribution in [-0.2, 0) is 17.5 Å². The van der Waals surface area contributed by atoms with Gasteiger partial charge in [-0.05, 0) is 17.7 Å². The molecule has 1 aliphatic rings. The van der Waals surface area contributed by atoms with Crippen molar-refractivity contribution < 1.29 is 17.9 Å². The zero-order chi connectivity index (χ0) is 13.9. The smallest absolute Gasteiger partial charge is 0.378 e. The lowest BCUT2D eigenvalue weighted by atomic mass is 10.1. The predicted molar refractivity (Wildman–Crippen MR) is 65.5 cm³/mol. The van der Waals surface area contributed by atoms with E-state index >= 15 is 0 Å². The number of alkyl halides is 3. The quantitative estimate of drug-likeness (QED) is 0.914. The van der Waals surface area contributed by atoms with Crippen LogP contribution >= 0.6 is 0 Å². The monoisotopic (exact) mass is 274 g/mol. The van der Waals surface area contributed by atoms with Crippen LogP contribution in [0.2, 0.25) is 0 Å². The van der Waals surface area contributed by atoms with Crippen molar-refractivity contribution in [3.05, 3.63) is 35.4 Å². The van der Waals surface area contributed by atoms with Gasteiger partial charge in [0.25, 0.3) is 0 Å². The fourth-order valence-electron chi connectivity index (χ4n) is 2.15. The van der Waals surface area contributed by atoms with E-state index in [0.29, 0.717) is 26.3 Å². The molecule has 0 spiro atoms. The van der Waals surface area contributed by atoms with Crippen molar-refractivity contribution in [2.24, 2.45) is 5.73 Å². The highest BCUT2D eigenvalue weighted by atomic mass is 19.4. The summed E-state index contributed by atoms with van der Waals surface area (Å²) < 4.78 is 42.7. The number of nitrogens with two attached hydrogens (primary N) is 1. The normalized spacial score (nSPS) is 21.6. The molecule has 1 heterocycles. The lowest BCUT2D eigenvalue weighted by Crippen LogP contribution is -2.48. The lowest BCUT2D eigenvalue weighted by molar-refractivity contribution is -0.137. The van der Waals surface area contributed by atoms with Crippen molar-refractivity contribution in [1.82, 2.24) is 4.90 Å². The van der Waals surface area contributed by atoms with Gasteiger partial charge in [0.05, 0.1) is 18.8 Å². The molecule has 0 aromatic heterocycles. The van der Waals surface area contributed by atoms with E-state index in [4.69, 9.17) is 10.5 Å². The van der Waals surface area contributed by atoms with Gasteiger partial charge >= 0.3 is 6.18 Å². The van der Waals surface area contributed by atoms with Gasteiger partial charge in [-0.3, -0.25) is 4.90 Å². The summed E-state index contributed by atoms with van der Waals surface area (Å²) in [7, 11) is 0. The van der Waals surface area contributed by atoms with E-state index < -0.39 is 11.7 Å². The number of morpholine rings is 1. The molecule has 1 saturated heterocycles. The molecule has 106 valence electrons. The summed E-state index contributed by atoms with van der Waals surface area (Å²) in [6.07, 6.45) is -4.28. The fraction of sp³-hybridized carbons (Fsp3) is 0.538. The number of hydrogen-bond acceptors (Lipinski definition) is 3. The summed E-state index contributed by atoms with van der Waals surface area (Å²) in [5, 5.41) is 0. The van der Waals surface area contributed by atoms with Crippen LogP contribution in [0.3, 0.4) is 0 Å². The zero-order valence-electron chi connectivity index (χ0n) is 10.5. The van der Waals surface area contributed by atoms with Gasteiger partial charge in [0, 0.05) is 25.7 Å². The summed E-state index contributed by atoms with van der Waals surface area (Å²) in [5.74, 6) is 0. The van der Waals surface area contributed by atoms with Gasteiger partial charge in [-0.2, -0.15) is 13.2 Å². The van der Waals surface area contributed by atoms with E-state index in [1.54, 1.807) is 0 Å². The molecule has 0 radical (unpaired) electrons. The topological polar surface area (TPSA) is 38.5 Å². The van der Waals surface area contributed by atoms with Gasteiger partial charge in [-0.1, -0.05) is 12.1 Å². The van der Waals surface area contributed by atoms with Crippen LogP contribution in [-0.4, -0.2) is 37.2 Å². The first-order chi connectivity index (χ1) is 9.00. The van der Waals surface area contributed by atoms with Crippen molar-refractivity contribution in [2.75, 3.05) is 26.3 Å². The molecule has 2 N–H and O–H groups in total. The summed E-state index contributed by atoms with van der Waals surface area (Å²) in [6, 6.07) is 5.41. The molecule has 0 bridgehead atoms. The summed E-state index contributed by atoms with van der Waals surface area (Å²) in [5.41, 5.74) is 5.90.